The summed E-state index contributed by atoms with van der Waals surface area (Å²) in [5.41, 5.74) is 0. The molecule has 58 valence electrons. The van der Waals surface area contributed by atoms with Gasteiger partial charge in [0.25, 0.3) is 0 Å². The molecular formula is C6H8N4O. The van der Waals surface area contributed by atoms with Crippen LogP contribution in [-0.4, -0.2) is 29.6 Å². The molecule has 0 radical (unpaired) electrons. The van der Waals surface area contributed by atoms with Crippen molar-refractivity contribution in [1.29, 1.82) is 0 Å². The Bertz CT molecular complexity index is 243. The van der Waals surface area contributed by atoms with E-state index in [0.29, 0.717) is 0 Å². The van der Waals surface area contributed by atoms with E-state index >= 15 is 0 Å². The molecule has 0 spiro atoms. The van der Waals surface area contributed by atoms with E-state index in [1.54, 1.807) is 6.34 Å². The van der Waals surface area contributed by atoms with Crippen LogP contribution in [0.15, 0.2) is 15.9 Å². The van der Waals surface area contributed by atoms with Gasteiger partial charge in [0.05, 0.1) is 18.8 Å². The van der Waals surface area contributed by atoms with Crippen molar-refractivity contribution in [2.75, 3.05) is 13.1 Å². The molecule has 0 bridgehead atoms. The molecule has 1 aromatic rings. The van der Waals surface area contributed by atoms with Gasteiger partial charge in [-0.1, -0.05) is 5.16 Å². The highest BCUT2D eigenvalue weighted by Crippen LogP contribution is 2.10. The second kappa shape index (κ2) is 2.69. The summed E-state index contributed by atoms with van der Waals surface area (Å²) < 4.78 is 4.63. The van der Waals surface area contributed by atoms with E-state index in [4.69, 9.17) is 0 Å². The van der Waals surface area contributed by atoms with Gasteiger partial charge in [0.15, 0.2) is 5.82 Å². The SMILES string of the molecule is C1=NCC(c2ncon2)CN1. The average Bonchev–Trinajstić information content (AvgIpc) is 2.58. The van der Waals surface area contributed by atoms with Crippen LogP contribution in [0.2, 0.25) is 0 Å². The summed E-state index contributed by atoms with van der Waals surface area (Å²) in [5.74, 6) is 0.994. The van der Waals surface area contributed by atoms with Crippen LogP contribution in [0.5, 0.6) is 0 Å². The van der Waals surface area contributed by atoms with E-state index in [1.807, 2.05) is 0 Å². The summed E-state index contributed by atoms with van der Waals surface area (Å²) in [6.07, 6.45) is 3.05. The van der Waals surface area contributed by atoms with E-state index in [1.165, 1.54) is 6.39 Å². The molecule has 2 heterocycles. The standard InChI is InChI=1S/C6H8N4O/c1-5(2-8-3-7-1)6-9-4-11-10-6/h3-5H,1-2H2,(H,7,8). The van der Waals surface area contributed by atoms with Gasteiger partial charge < -0.3 is 9.84 Å². The molecule has 0 saturated carbocycles. The minimum atomic E-state index is 0.263. The minimum Gasteiger partial charge on any atom is -0.376 e. The van der Waals surface area contributed by atoms with Crippen molar-refractivity contribution in [1.82, 2.24) is 15.5 Å². The molecule has 5 heteroatoms. The van der Waals surface area contributed by atoms with Crippen molar-refractivity contribution >= 4 is 6.34 Å². The van der Waals surface area contributed by atoms with E-state index in [-0.39, 0.29) is 5.92 Å². The summed E-state index contributed by atoms with van der Waals surface area (Å²) >= 11 is 0. The topological polar surface area (TPSA) is 63.3 Å². The second-order valence-electron chi connectivity index (χ2n) is 2.39. The van der Waals surface area contributed by atoms with Crippen molar-refractivity contribution in [3.05, 3.63) is 12.2 Å². The zero-order chi connectivity index (χ0) is 7.52. The van der Waals surface area contributed by atoms with Crippen molar-refractivity contribution < 1.29 is 4.52 Å². The van der Waals surface area contributed by atoms with Crippen LogP contribution in [0.1, 0.15) is 11.7 Å². The lowest BCUT2D eigenvalue weighted by atomic mass is 10.1. The fraction of sp³-hybridized carbons (Fsp3) is 0.500. The Labute approximate surface area is 63.5 Å². The van der Waals surface area contributed by atoms with Crippen LogP contribution >= 0.6 is 0 Å². The summed E-state index contributed by atoms with van der Waals surface area (Å²) in [6, 6.07) is 0. The van der Waals surface area contributed by atoms with Gasteiger partial charge in [0.2, 0.25) is 6.39 Å². The highest BCUT2D eigenvalue weighted by Gasteiger charge is 2.16. The third-order valence-electron chi connectivity index (χ3n) is 1.62. The first-order chi connectivity index (χ1) is 5.47. The Morgan fingerprint density at radius 1 is 1.64 bits per heavy atom. The molecule has 0 saturated heterocycles. The first-order valence-corrected chi connectivity index (χ1v) is 3.45. The maximum atomic E-state index is 4.63. The monoisotopic (exact) mass is 152 g/mol. The van der Waals surface area contributed by atoms with E-state index in [9.17, 15) is 0 Å². The quantitative estimate of drug-likeness (QED) is 0.604. The van der Waals surface area contributed by atoms with Crippen LogP contribution in [0.25, 0.3) is 0 Å². The maximum Gasteiger partial charge on any atom is 0.213 e. The molecule has 0 aliphatic carbocycles. The number of nitrogens with one attached hydrogen (secondary N) is 1. The molecule has 0 aromatic carbocycles. The summed E-state index contributed by atoms with van der Waals surface area (Å²) in [6.45, 7) is 1.58. The zero-order valence-corrected chi connectivity index (χ0v) is 5.90. The molecule has 0 fully saturated rings. The third kappa shape index (κ3) is 1.21. The molecule has 0 amide bonds. The Morgan fingerprint density at radius 2 is 2.64 bits per heavy atom. The predicted molar refractivity (Wildman–Crippen MR) is 38.4 cm³/mol. The lowest BCUT2D eigenvalue weighted by Crippen LogP contribution is -2.27. The van der Waals surface area contributed by atoms with Gasteiger partial charge in [-0.2, -0.15) is 4.98 Å². The number of hydrogen-bond donors (Lipinski definition) is 1. The lowest BCUT2D eigenvalue weighted by Gasteiger charge is -2.13. The zero-order valence-electron chi connectivity index (χ0n) is 5.90. The van der Waals surface area contributed by atoms with Gasteiger partial charge in [0, 0.05) is 6.54 Å². The van der Waals surface area contributed by atoms with Crippen molar-refractivity contribution in [2.45, 2.75) is 5.92 Å². The molecule has 1 aliphatic heterocycles. The fourth-order valence-electron chi connectivity index (χ4n) is 1.04. The lowest BCUT2D eigenvalue weighted by molar-refractivity contribution is 0.403. The normalized spacial score (nSPS) is 23.1. The number of aliphatic imine (C=N–C) groups is 1. The Hall–Kier alpha value is -1.39. The third-order valence-corrected chi connectivity index (χ3v) is 1.62. The average molecular weight is 152 g/mol. The van der Waals surface area contributed by atoms with Gasteiger partial charge in [-0.3, -0.25) is 4.99 Å². The molecule has 2 rings (SSSR count). The smallest absolute Gasteiger partial charge is 0.213 e. The first-order valence-electron chi connectivity index (χ1n) is 3.45. The van der Waals surface area contributed by atoms with Gasteiger partial charge >= 0.3 is 0 Å². The molecular weight excluding hydrogens is 144 g/mol. The van der Waals surface area contributed by atoms with Gasteiger partial charge in [-0.15, -0.1) is 0 Å². The van der Waals surface area contributed by atoms with Gasteiger partial charge in [0.1, 0.15) is 0 Å². The molecule has 1 N–H and O–H groups in total. The van der Waals surface area contributed by atoms with Crippen molar-refractivity contribution in [3.63, 3.8) is 0 Å². The minimum absolute atomic E-state index is 0.263. The highest BCUT2D eigenvalue weighted by molar-refractivity contribution is 5.55. The van der Waals surface area contributed by atoms with E-state index in [0.717, 1.165) is 18.9 Å². The van der Waals surface area contributed by atoms with Gasteiger partial charge in [-0.25, -0.2) is 0 Å². The van der Waals surface area contributed by atoms with Crippen molar-refractivity contribution in [2.24, 2.45) is 4.99 Å². The molecule has 5 nitrogen and oxygen atoms in total. The van der Waals surface area contributed by atoms with Crippen LogP contribution in [0.3, 0.4) is 0 Å². The van der Waals surface area contributed by atoms with Crippen LogP contribution in [0.4, 0.5) is 0 Å². The Balaban J connectivity index is 2.11. The largest absolute Gasteiger partial charge is 0.376 e. The van der Waals surface area contributed by atoms with Crippen LogP contribution in [-0.2, 0) is 0 Å². The number of rotatable bonds is 1. The van der Waals surface area contributed by atoms with Gasteiger partial charge in [-0.05, 0) is 0 Å². The van der Waals surface area contributed by atoms with E-state index in [2.05, 4.69) is 25.0 Å². The van der Waals surface area contributed by atoms with Crippen LogP contribution < -0.4 is 5.32 Å². The second-order valence-corrected chi connectivity index (χ2v) is 2.39. The number of aromatic nitrogens is 2. The molecule has 1 unspecified atom stereocenters. The van der Waals surface area contributed by atoms with Crippen molar-refractivity contribution in [3.8, 4) is 0 Å². The summed E-state index contributed by atoms with van der Waals surface area (Å²) in [5, 5.41) is 6.75. The molecule has 11 heavy (non-hydrogen) atoms. The molecule has 1 aromatic heterocycles. The summed E-state index contributed by atoms with van der Waals surface area (Å²) in [4.78, 5) is 8.00. The Morgan fingerprint density at radius 3 is 3.27 bits per heavy atom. The van der Waals surface area contributed by atoms with Crippen LogP contribution in [0, 0.1) is 0 Å². The Kier molecular flexibility index (Phi) is 1.55. The van der Waals surface area contributed by atoms with E-state index < -0.39 is 0 Å². The summed E-state index contributed by atoms with van der Waals surface area (Å²) in [7, 11) is 0. The first kappa shape index (κ1) is 6.33. The molecule has 1 atom stereocenters. The predicted octanol–water partition coefficient (Wildman–Crippen LogP) is -0.215. The highest BCUT2D eigenvalue weighted by atomic mass is 16.5. The number of hydrogen-bond acceptors (Lipinski definition) is 5. The maximum absolute atomic E-state index is 4.63. The fourth-order valence-corrected chi connectivity index (χ4v) is 1.04. The number of nitrogens with zero attached hydrogens (tertiary/aromatic N) is 3. The molecule has 1 aliphatic rings.